The van der Waals surface area contributed by atoms with Gasteiger partial charge in [-0.2, -0.15) is 5.10 Å². The second-order valence-corrected chi connectivity index (χ2v) is 7.06. The fourth-order valence-electron chi connectivity index (χ4n) is 2.50. The van der Waals surface area contributed by atoms with Crippen molar-refractivity contribution >= 4 is 16.0 Å². The Hall–Kier alpha value is -1.45. The van der Waals surface area contributed by atoms with Crippen molar-refractivity contribution in [2.45, 2.75) is 56.6 Å². The van der Waals surface area contributed by atoms with Gasteiger partial charge in [0.2, 0.25) is 0 Å². The van der Waals surface area contributed by atoms with Gasteiger partial charge in [0.25, 0.3) is 10.0 Å². The molecule has 0 aromatic carbocycles. The molecule has 0 amide bonds. The average molecular weight is 316 g/mol. The van der Waals surface area contributed by atoms with Crippen molar-refractivity contribution < 1.29 is 18.3 Å². The van der Waals surface area contributed by atoms with Crippen molar-refractivity contribution in [3.8, 4) is 0 Å². The SMILES string of the molecule is CC1CCCC(C)N1NS(=O)(=O)c1cnn(CC(=O)O)c1. The molecule has 1 aromatic heterocycles. The molecule has 1 saturated heterocycles. The van der Waals surface area contributed by atoms with Gasteiger partial charge in [0.05, 0.1) is 6.20 Å². The summed E-state index contributed by atoms with van der Waals surface area (Å²) < 4.78 is 25.8. The lowest BCUT2D eigenvalue weighted by Crippen LogP contribution is -2.53. The number of hydrogen-bond donors (Lipinski definition) is 2. The van der Waals surface area contributed by atoms with Crippen molar-refractivity contribution in [2.24, 2.45) is 0 Å². The highest BCUT2D eigenvalue weighted by Crippen LogP contribution is 2.21. The van der Waals surface area contributed by atoms with Crippen LogP contribution in [-0.4, -0.2) is 46.4 Å². The highest BCUT2D eigenvalue weighted by atomic mass is 32.2. The quantitative estimate of drug-likeness (QED) is 0.816. The maximum Gasteiger partial charge on any atom is 0.325 e. The average Bonchev–Trinajstić information content (AvgIpc) is 2.82. The lowest BCUT2D eigenvalue weighted by Gasteiger charge is -2.38. The summed E-state index contributed by atoms with van der Waals surface area (Å²) in [5, 5.41) is 14.2. The van der Waals surface area contributed by atoms with Gasteiger partial charge in [-0.05, 0) is 26.7 Å². The Kier molecular flexibility index (Phi) is 4.64. The lowest BCUT2D eigenvalue weighted by atomic mass is 10.0. The number of aliphatic carboxylic acids is 1. The molecule has 1 aliphatic rings. The first-order valence-electron chi connectivity index (χ1n) is 6.84. The molecule has 1 aliphatic heterocycles. The minimum atomic E-state index is -3.74. The summed E-state index contributed by atoms with van der Waals surface area (Å²) in [6, 6.07) is 0.246. The van der Waals surface area contributed by atoms with Crippen LogP contribution in [0.25, 0.3) is 0 Å². The smallest absolute Gasteiger partial charge is 0.325 e. The molecule has 0 bridgehead atoms. The van der Waals surface area contributed by atoms with E-state index in [0.717, 1.165) is 30.1 Å². The molecule has 118 valence electrons. The monoisotopic (exact) mass is 316 g/mol. The van der Waals surface area contributed by atoms with Crippen LogP contribution in [-0.2, 0) is 21.4 Å². The second kappa shape index (κ2) is 6.12. The van der Waals surface area contributed by atoms with Crippen molar-refractivity contribution in [1.29, 1.82) is 0 Å². The Balaban J connectivity index is 2.14. The Labute approximate surface area is 123 Å². The van der Waals surface area contributed by atoms with Crippen LogP contribution in [0.15, 0.2) is 17.3 Å². The molecule has 0 aliphatic carbocycles. The highest BCUT2D eigenvalue weighted by Gasteiger charge is 2.29. The zero-order chi connectivity index (χ0) is 15.6. The predicted octanol–water partition coefficient (Wildman–Crippen LogP) is 0.424. The van der Waals surface area contributed by atoms with Gasteiger partial charge in [-0.1, -0.05) is 6.42 Å². The summed E-state index contributed by atoms with van der Waals surface area (Å²) in [6.45, 7) is 3.59. The molecule has 9 heteroatoms. The minimum Gasteiger partial charge on any atom is -0.480 e. The van der Waals surface area contributed by atoms with E-state index in [-0.39, 0.29) is 23.5 Å². The van der Waals surface area contributed by atoms with Gasteiger partial charge in [0.1, 0.15) is 11.4 Å². The normalized spacial score (nSPS) is 24.1. The third kappa shape index (κ3) is 3.80. The molecule has 2 heterocycles. The number of hydrogen-bond acceptors (Lipinski definition) is 5. The first kappa shape index (κ1) is 15.9. The van der Waals surface area contributed by atoms with Gasteiger partial charge < -0.3 is 5.11 Å². The van der Waals surface area contributed by atoms with E-state index in [1.165, 1.54) is 6.20 Å². The molecular weight excluding hydrogens is 296 g/mol. The van der Waals surface area contributed by atoms with E-state index in [2.05, 4.69) is 9.93 Å². The fourth-order valence-corrected chi connectivity index (χ4v) is 3.69. The van der Waals surface area contributed by atoms with E-state index in [4.69, 9.17) is 5.11 Å². The molecule has 0 saturated carbocycles. The number of carboxylic acid groups (broad SMARTS) is 1. The van der Waals surface area contributed by atoms with Gasteiger partial charge in [-0.3, -0.25) is 9.48 Å². The number of hydrazine groups is 1. The Morgan fingerprint density at radius 2 is 2.05 bits per heavy atom. The number of nitrogens with one attached hydrogen (secondary N) is 1. The molecular formula is C12H20N4O4S. The molecule has 0 radical (unpaired) electrons. The van der Waals surface area contributed by atoms with Crippen LogP contribution in [0.2, 0.25) is 0 Å². The summed E-state index contributed by atoms with van der Waals surface area (Å²) in [5.41, 5.74) is 0. The van der Waals surface area contributed by atoms with Gasteiger partial charge in [0.15, 0.2) is 0 Å². The van der Waals surface area contributed by atoms with Gasteiger partial charge >= 0.3 is 5.97 Å². The lowest BCUT2D eigenvalue weighted by molar-refractivity contribution is -0.137. The van der Waals surface area contributed by atoms with Crippen LogP contribution in [0.5, 0.6) is 0 Å². The zero-order valence-electron chi connectivity index (χ0n) is 12.1. The van der Waals surface area contributed by atoms with Gasteiger partial charge in [-0.15, -0.1) is 4.83 Å². The molecule has 0 spiro atoms. The molecule has 21 heavy (non-hydrogen) atoms. The van der Waals surface area contributed by atoms with E-state index < -0.39 is 16.0 Å². The number of sulfonamides is 1. The van der Waals surface area contributed by atoms with E-state index >= 15 is 0 Å². The number of nitrogens with zero attached hydrogens (tertiary/aromatic N) is 3. The number of carboxylic acids is 1. The van der Waals surface area contributed by atoms with Gasteiger partial charge in [-0.25, -0.2) is 13.4 Å². The standard InChI is InChI=1S/C12H20N4O4S/c1-9-4-3-5-10(2)16(9)14-21(19,20)11-6-13-15(7-11)8-12(17)18/h6-7,9-10,14H,3-5,8H2,1-2H3,(H,17,18). The molecule has 2 N–H and O–H groups in total. The van der Waals surface area contributed by atoms with E-state index in [1.54, 1.807) is 5.01 Å². The van der Waals surface area contributed by atoms with Crippen LogP contribution in [0.3, 0.4) is 0 Å². The third-order valence-electron chi connectivity index (χ3n) is 3.64. The number of piperidine rings is 1. The number of aromatic nitrogens is 2. The largest absolute Gasteiger partial charge is 0.480 e. The minimum absolute atomic E-state index is 0.0336. The molecule has 8 nitrogen and oxygen atoms in total. The fraction of sp³-hybridized carbons (Fsp3) is 0.667. The predicted molar refractivity (Wildman–Crippen MR) is 74.8 cm³/mol. The third-order valence-corrected chi connectivity index (χ3v) is 4.92. The summed E-state index contributed by atoms with van der Waals surface area (Å²) in [6.07, 6.45) is 5.33. The van der Waals surface area contributed by atoms with Crippen molar-refractivity contribution in [3.05, 3.63) is 12.4 Å². The zero-order valence-corrected chi connectivity index (χ0v) is 12.9. The van der Waals surface area contributed by atoms with Crippen LogP contribution < -0.4 is 4.83 Å². The summed E-state index contributed by atoms with van der Waals surface area (Å²) in [7, 11) is -3.74. The van der Waals surface area contributed by atoms with Gasteiger partial charge in [0, 0.05) is 18.3 Å². The Bertz CT molecular complexity index is 603. The van der Waals surface area contributed by atoms with Crippen LogP contribution in [0.4, 0.5) is 0 Å². The Morgan fingerprint density at radius 1 is 1.43 bits per heavy atom. The summed E-state index contributed by atoms with van der Waals surface area (Å²) in [5.74, 6) is -1.08. The maximum absolute atomic E-state index is 12.3. The van der Waals surface area contributed by atoms with E-state index in [9.17, 15) is 13.2 Å². The van der Waals surface area contributed by atoms with Crippen molar-refractivity contribution in [3.63, 3.8) is 0 Å². The Morgan fingerprint density at radius 3 is 2.62 bits per heavy atom. The first-order valence-corrected chi connectivity index (χ1v) is 8.33. The number of carbonyl (C=O) groups is 1. The highest BCUT2D eigenvalue weighted by molar-refractivity contribution is 7.89. The van der Waals surface area contributed by atoms with Crippen LogP contribution in [0.1, 0.15) is 33.1 Å². The molecule has 1 aromatic rings. The maximum atomic E-state index is 12.3. The topological polar surface area (TPSA) is 105 Å². The van der Waals surface area contributed by atoms with E-state index in [0.29, 0.717) is 0 Å². The van der Waals surface area contributed by atoms with E-state index in [1.807, 2.05) is 13.8 Å². The summed E-state index contributed by atoms with van der Waals surface area (Å²) >= 11 is 0. The molecule has 2 atom stereocenters. The molecule has 1 fully saturated rings. The van der Waals surface area contributed by atoms with Crippen LogP contribution in [0, 0.1) is 0 Å². The summed E-state index contributed by atoms with van der Waals surface area (Å²) in [4.78, 5) is 13.1. The van der Waals surface area contributed by atoms with Crippen molar-refractivity contribution in [1.82, 2.24) is 19.6 Å². The van der Waals surface area contributed by atoms with Crippen molar-refractivity contribution in [2.75, 3.05) is 0 Å². The second-order valence-electron chi connectivity index (χ2n) is 5.40. The molecule has 2 rings (SSSR count). The molecule has 2 unspecified atom stereocenters. The first-order chi connectivity index (χ1) is 9.79. The number of rotatable bonds is 5. The van der Waals surface area contributed by atoms with Crippen LogP contribution >= 0.6 is 0 Å².